The maximum Gasteiger partial charge on any atom is 0.256 e. The molecule has 0 unspecified atom stereocenters. The molecule has 0 heterocycles. The molecule has 0 saturated heterocycles. The van der Waals surface area contributed by atoms with Gasteiger partial charge in [-0.2, -0.15) is 0 Å². The van der Waals surface area contributed by atoms with Gasteiger partial charge in [0.2, 0.25) is 0 Å². The van der Waals surface area contributed by atoms with Gasteiger partial charge < -0.3 is 29.2 Å². The Labute approximate surface area is 185 Å². The lowest BCUT2D eigenvalue weighted by molar-refractivity contribution is 0.0773. The zero-order chi connectivity index (χ0) is 22.8. The van der Waals surface area contributed by atoms with Gasteiger partial charge in [0.05, 0.1) is 44.9 Å². The second-order valence-corrected chi connectivity index (χ2v) is 6.89. The normalized spacial score (nSPS) is 10.4. The summed E-state index contributed by atoms with van der Waals surface area (Å²) in [6, 6.07) is 9.05. The summed E-state index contributed by atoms with van der Waals surface area (Å²) in [6.07, 6.45) is 1.94. The highest BCUT2D eigenvalue weighted by Gasteiger charge is 2.22. The second-order valence-electron chi connectivity index (χ2n) is 6.89. The van der Waals surface area contributed by atoms with Gasteiger partial charge in [0, 0.05) is 25.2 Å². The summed E-state index contributed by atoms with van der Waals surface area (Å²) < 4.78 is 22.5. The molecule has 7 nitrogen and oxygen atoms in total. The highest BCUT2D eigenvalue weighted by atomic mass is 16.5. The molecule has 2 aromatic rings. The third kappa shape index (κ3) is 5.75. The minimum atomic E-state index is -0.0673. The molecule has 170 valence electrons. The van der Waals surface area contributed by atoms with Crippen LogP contribution < -0.4 is 24.3 Å². The first-order valence-electron chi connectivity index (χ1n) is 10.7. The van der Waals surface area contributed by atoms with E-state index in [1.807, 2.05) is 26.0 Å². The molecule has 0 aromatic heterocycles. The van der Waals surface area contributed by atoms with Crippen LogP contribution in [0.25, 0.3) is 0 Å². The Morgan fingerprint density at radius 3 is 2.29 bits per heavy atom. The lowest BCUT2D eigenvalue weighted by Crippen LogP contribution is -2.31. The van der Waals surface area contributed by atoms with E-state index in [4.69, 9.17) is 18.9 Å². The van der Waals surface area contributed by atoms with Crippen molar-refractivity contribution in [3.63, 3.8) is 0 Å². The van der Waals surface area contributed by atoms with Crippen LogP contribution in [0.2, 0.25) is 0 Å². The summed E-state index contributed by atoms with van der Waals surface area (Å²) >= 11 is 0. The number of unbranched alkanes of at least 4 members (excludes halogenated alkanes) is 1. The van der Waals surface area contributed by atoms with E-state index in [1.165, 1.54) is 0 Å². The maximum absolute atomic E-state index is 13.3. The zero-order valence-corrected chi connectivity index (χ0v) is 19.4. The van der Waals surface area contributed by atoms with Crippen molar-refractivity contribution < 1.29 is 23.7 Å². The number of benzene rings is 2. The quantitative estimate of drug-likeness (QED) is 0.472. The molecular formula is C24H34N2O5. The fraction of sp³-hybridized carbons (Fsp3) is 0.458. The Morgan fingerprint density at radius 1 is 0.968 bits per heavy atom. The van der Waals surface area contributed by atoms with E-state index in [1.54, 1.807) is 44.4 Å². The van der Waals surface area contributed by atoms with Gasteiger partial charge in [-0.1, -0.05) is 19.4 Å². The fourth-order valence-electron chi connectivity index (χ4n) is 3.25. The van der Waals surface area contributed by atoms with Crippen molar-refractivity contribution in [1.82, 2.24) is 4.90 Å². The van der Waals surface area contributed by atoms with Crippen LogP contribution >= 0.6 is 0 Å². The van der Waals surface area contributed by atoms with Crippen LogP contribution in [-0.4, -0.2) is 51.8 Å². The number of amides is 1. The average molecular weight is 431 g/mol. The number of hydrogen-bond donors (Lipinski definition) is 1. The molecule has 1 amide bonds. The first-order valence-corrected chi connectivity index (χ1v) is 10.7. The van der Waals surface area contributed by atoms with E-state index in [2.05, 4.69) is 12.2 Å². The van der Waals surface area contributed by atoms with Gasteiger partial charge in [0.25, 0.3) is 5.91 Å². The van der Waals surface area contributed by atoms with E-state index >= 15 is 0 Å². The molecule has 7 heteroatoms. The lowest BCUT2D eigenvalue weighted by Gasteiger charge is -2.23. The van der Waals surface area contributed by atoms with Gasteiger partial charge in [-0.05, 0) is 32.4 Å². The second kappa shape index (κ2) is 11.9. The average Bonchev–Trinajstić information content (AvgIpc) is 2.80. The fourth-order valence-corrected chi connectivity index (χ4v) is 3.25. The number of rotatable bonds is 12. The molecule has 1 N–H and O–H groups in total. The van der Waals surface area contributed by atoms with Gasteiger partial charge in [0.1, 0.15) is 11.5 Å². The van der Waals surface area contributed by atoms with Crippen LogP contribution in [0.3, 0.4) is 0 Å². The Bertz CT molecular complexity index is 865. The molecule has 2 aromatic carbocycles. The molecule has 0 aliphatic rings. The Hall–Kier alpha value is -3.09. The number of carbonyl (C=O) groups excluding carboxylic acids is 1. The first-order chi connectivity index (χ1) is 15.0. The molecular weight excluding hydrogens is 396 g/mol. The van der Waals surface area contributed by atoms with Crippen molar-refractivity contribution in [3.8, 4) is 23.0 Å². The monoisotopic (exact) mass is 430 g/mol. The van der Waals surface area contributed by atoms with Crippen molar-refractivity contribution in [3.05, 3.63) is 35.9 Å². The van der Waals surface area contributed by atoms with Crippen LogP contribution in [-0.2, 0) is 0 Å². The molecule has 2 rings (SSSR count). The summed E-state index contributed by atoms with van der Waals surface area (Å²) in [5, 5.41) is 3.36. The van der Waals surface area contributed by atoms with E-state index < -0.39 is 0 Å². The predicted molar refractivity (Wildman–Crippen MR) is 123 cm³/mol. The highest BCUT2D eigenvalue weighted by Crippen LogP contribution is 2.43. The van der Waals surface area contributed by atoms with Crippen LogP contribution in [0, 0.1) is 0 Å². The molecule has 0 atom stereocenters. The Kier molecular flexibility index (Phi) is 9.31. The van der Waals surface area contributed by atoms with E-state index in [0.29, 0.717) is 59.6 Å². The SMILES string of the molecule is CCCCOc1cccc(C(=O)N(CC)CC)c1Nc1cc(OC)cc(OC)c1OC. The van der Waals surface area contributed by atoms with Crippen molar-refractivity contribution in [2.45, 2.75) is 33.6 Å². The lowest BCUT2D eigenvalue weighted by atomic mass is 10.1. The summed E-state index contributed by atoms with van der Waals surface area (Å²) in [7, 11) is 4.72. The standard InChI is InChI=1S/C24H34N2O5/c1-7-10-14-31-20-13-11-12-18(24(27)26(8-2)9-3)22(20)25-19-15-17(28-4)16-21(29-5)23(19)30-6/h11-13,15-16,25H,7-10,14H2,1-6H3. The molecule has 0 spiro atoms. The molecule has 0 saturated carbocycles. The van der Waals surface area contributed by atoms with Crippen LogP contribution in [0.5, 0.6) is 23.0 Å². The number of methoxy groups -OCH3 is 3. The number of hydrogen-bond acceptors (Lipinski definition) is 6. The molecule has 0 bridgehead atoms. The maximum atomic E-state index is 13.3. The van der Waals surface area contributed by atoms with Gasteiger partial charge >= 0.3 is 0 Å². The summed E-state index contributed by atoms with van der Waals surface area (Å²) in [4.78, 5) is 15.0. The molecule has 0 radical (unpaired) electrons. The largest absolute Gasteiger partial charge is 0.497 e. The number of para-hydroxylation sites is 1. The van der Waals surface area contributed by atoms with Crippen LogP contribution in [0.15, 0.2) is 30.3 Å². The molecule has 0 aliphatic carbocycles. The van der Waals surface area contributed by atoms with Crippen molar-refractivity contribution in [2.24, 2.45) is 0 Å². The van der Waals surface area contributed by atoms with Crippen molar-refractivity contribution in [1.29, 1.82) is 0 Å². The van der Waals surface area contributed by atoms with E-state index in [-0.39, 0.29) is 5.91 Å². The summed E-state index contributed by atoms with van der Waals surface area (Å²) in [6.45, 7) is 7.83. The third-order valence-electron chi connectivity index (χ3n) is 5.01. The van der Waals surface area contributed by atoms with Crippen molar-refractivity contribution >= 4 is 17.3 Å². The third-order valence-corrected chi connectivity index (χ3v) is 5.01. The minimum Gasteiger partial charge on any atom is -0.497 e. The van der Waals surface area contributed by atoms with Crippen LogP contribution in [0.4, 0.5) is 11.4 Å². The number of anilines is 2. The topological polar surface area (TPSA) is 69.3 Å². The highest BCUT2D eigenvalue weighted by molar-refractivity contribution is 6.02. The Balaban J connectivity index is 2.61. The molecule has 31 heavy (non-hydrogen) atoms. The van der Waals surface area contributed by atoms with Gasteiger partial charge in [-0.3, -0.25) is 4.79 Å². The molecule has 0 aliphatic heterocycles. The van der Waals surface area contributed by atoms with Crippen LogP contribution in [0.1, 0.15) is 44.0 Å². The number of ether oxygens (including phenoxy) is 4. The van der Waals surface area contributed by atoms with E-state index in [9.17, 15) is 4.79 Å². The van der Waals surface area contributed by atoms with E-state index in [0.717, 1.165) is 12.8 Å². The Morgan fingerprint density at radius 2 is 1.71 bits per heavy atom. The summed E-state index contributed by atoms with van der Waals surface area (Å²) in [5.41, 5.74) is 1.73. The first kappa shape index (κ1) is 24.2. The number of nitrogens with zero attached hydrogens (tertiary/aromatic N) is 1. The number of nitrogens with one attached hydrogen (secondary N) is 1. The predicted octanol–water partition coefficient (Wildman–Crippen LogP) is 5.12. The minimum absolute atomic E-state index is 0.0673. The smallest absolute Gasteiger partial charge is 0.256 e. The van der Waals surface area contributed by atoms with Gasteiger partial charge in [0.15, 0.2) is 11.5 Å². The zero-order valence-electron chi connectivity index (χ0n) is 19.4. The van der Waals surface area contributed by atoms with Crippen molar-refractivity contribution in [2.75, 3.05) is 46.3 Å². The number of carbonyl (C=O) groups is 1. The van der Waals surface area contributed by atoms with Gasteiger partial charge in [-0.25, -0.2) is 0 Å². The summed E-state index contributed by atoms with van der Waals surface area (Å²) in [5.74, 6) is 2.16. The molecule has 0 fully saturated rings. The van der Waals surface area contributed by atoms with Gasteiger partial charge in [-0.15, -0.1) is 0 Å².